The maximum absolute atomic E-state index is 15.6. The molecule has 1 aliphatic rings. The zero-order valence-corrected chi connectivity index (χ0v) is 23.8. The van der Waals surface area contributed by atoms with Crippen molar-refractivity contribution in [1.82, 2.24) is 0 Å². The van der Waals surface area contributed by atoms with Gasteiger partial charge in [-0.1, -0.05) is 24.3 Å². The third-order valence-electron chi connectivity index (χ3n) is 7.60. The first-order chi connectivity index (χ1) is 23.9. The van der Waals surface area contributed by atoms with Crippen molar-refractivity contribution in [2.24, 2.45) is 0 Å². The molecular formula is C31H6BF17O2. The van der Waals surface area contributed by atoms with Gasteiger partial charge >= 0.3 is 7.12 Å². The minimum absolute atomic E-state index is 0.0909. The van der Waals surface area contributed by atoms with Gasteiger partial charge in [0.1, 0.15) is 11.9 Å². The van der Waals surface area contributed by atoms with Crippen LogP contribution in [-0.2, 0) is 4.65 Å². The Morgan fingerprint density at radius 3 is 1.43 bits per heavy atom. The van der Waals surface area contributed by atoms with Crippen molar-refractivity contribution in [2.75, 3.05) is 0 Å². The highest BCUT2D eigenvalue weighted by Gasteiger charge is 2.44. The van der Waals surface area contributed by atoms with Crippen LogP contribution in [0.3, 0.4) is 0 Å². The molecule has 264 valence electrons. The van der Waals surface area contributed by atoms with E-state index in [0.29, 0.717) is 6.08 Å². The van der Waals surface area contributed by atoms with Gasteiger partial charge in [-0.05, 0) is 17.2 Å². The smallest absolute Gasteiger partial charge is 0.530 e. The van der Waals surface area contributed by atoms with Gasteiger partial charge in [-0.25, -0.2) is 70.2 Å². The Morgan fingerprint density at radius 2 is 0.863 bits per heavy atom. The molecule has 0 radical (unpaired) electrons. The van der Waals surface area contributed by atoms with E-state index in [2.05, 4.69) is 0 Å². The molecule has 1 aliphatic carbocycles. The van der Waals surface area contributed by atoms with Crippen LogP contribution in [0.1, 0.15) is 17.2 Å². The van der Waals surface area contributed by atoms with Crippen LogP contribution in [0.15, 0.2) is 30.1 Å². The van der Waals surface area contributed by atoms with Gasteiger partial charge in [0.2, 0.25) is 17.5 Å². The largest absolute Gasteiger partial charge is 0.567 e. The number of benzene rings is 5. The number of halogens is 17. The molecule has 1 unspecified atom stereocenters. The van der Waals surface area contributed by atoms with E-state index in [0.717, 1.165) is 6.07 Å². The highest BCUT2D eigenvalue weighted by atomic mass is 19.2. The van der Waals surface area contributed by atoms with E-state index in [1.807, 2.05) is 0 Å². The predicted octanol–water partition coefficient (Wildman–Crippen LogP) is 9.59. The molecule has 5 aromatic carbocycles. The summed E-state index contributed by atoms with van der Waals surface area (Å²) < 4.78 is 261. The lowest BCUT2D eigenvalue weighted by atomic mass is 9.74. The molecule has 51 heavy (non-hydrogen) atoms. The van der Waals surface area contributed by atoms with Crippen LogP contribution in [0.2, 0.25) is 0 Å². The van der Waals surface area contributed by atoms with Crippen molar-refractivity contribution < 1.29 is 83.9 Å². The number of hydrogen-bond acceptors (Lipinski definition) is 2. The summed E-state index contributed by atoms with van der Waals surface area (Å²) >= 11 is 0. The molecule has 0 aliphatic heterocycles. The average molecular weight is 744 g/mol. The molecule has 0 spiro atoms. The monoisotopic (exact) mass is 744 g/mol. The maximum atomic E-state index is 15.6. The topological polar surface area (TPSA) is 18.5 Å². The third-order valence-corrected chi connectivity index (χ3v) is 7.60. The summed E-state index contributed by atoms with van der Waals surface area (Å²) in [6.07, 6.45) is -1.69. The van der Waals surface area contributed by atoms with E-state index in [4.69, 9.17) is 9.31 Å². The molecule has 0 saturated carbocycles. The lowest BCUT2D eigenvalue weighted by Crippen LogP contribution is -2.45. The summed E-state index contributed by atoms with van der Waals surface area (Å²) in [6.45, 7) is 0. The predicted molar refractivity (Wildman–Crippen MR) is 141 cm³/mol. The van der Waals surface area contributed by atoms with Gasteiger partial charge in [-0.3, -0.25) is 0 Å². The van der Waals surface area contributed by atoms with Crippen LogP contribution in [0.5, 0.6) is 5.75 Å². The van der Waals surface area contributed by atoms with Crippen molar-refractivity contribution in [3.8, 4) is 16.9 Å². The Balaban J connectivity index is 1.73. The van der Waals surface area contributed by atoms with E-state index in [9.17, 15) is 52.7 Å². The minimum atomic E-state index is -3.59. The van der Waals surface area contributed by atoms with Crippen LogP contribution in [0, 0.1) is 93.1 Å². The average Bonchev–Trinajstić information content (AvgIpc) is 3.43. The van der Waals surface area contributed by atoms with Crippen molar-refractivity contribution in [2.45, 2.75) is 6.10 Å². The highest BCUT2D eigenvalue weighted by Crippen LogP contribution is 2.44. The van der Waals surface area contributed by atoms with Gasteiger partial charge in [0, 0.05) is 10.8 Å². The van der Waals surface area contributed by atoms with Crippen molar-refractivity contribution >= 4 is 29.4 Å². The summed E-state index contributed by atoms with van der Waals surface area (Å²) in [6, 6.07) is 4.70. The molecule has 5 aromatic rings. The Hall–Kier alpha value is -5.27. The number of rotatable bonds is 6. The fourth-order valence-corrected chi connectivity index (χ4v) is 5.29. The lowest BCUT2D eigenvalue weighted by molar-refractivity contribution is 0.188. The van der Waals surface area contributed by atoms with Gasteiger partial charge in [-0.15, -0.1) is 0 Å². The molecule has 0 amide bonds. The molecule has 20 heteroatoms. The van der Waals surface area contributed by atoms with Crippen LogP contribution in [0.4, 0.5) is 74.6 Å². The van der Waals surface area contributed by atoms with Crippen LogP contribution in [0.25, 0.3) is 28.0 Å². The van der Waals surface area contributed by atoms with E-state index in [-0.39, 0.29) is 11.1 Å². The second-order valence-corrected chi connectivity index (χ2v) is 10.4. The summed E-state index contributed by atoms with van der Waals surface area (Å²) in [4.78, 5) is 0. The summed E-state index contributed by atoms with van der Waals surface area (Å²) in [5, 5.41) is -4.47. The number of fused-ring (bicyclic) bond motifs is 2. The van der Waals surface area contributed by atoms with E-state index in [1.165, 1.54) is 18.2 Å². The van der Waals surface area contributed by atoms with E-state index < -0.39 is 145 Å². The van der Waals surface area contributed by atoms with Gasteiger partial charge in [0.25, 0.3) is 0 Å². The first kappa shape index (κ1) is 35.6. The van der Waals surface area contributed by atoms with E-state index >= 15 is 22.0 Å². The molecule has 6 rings (SSSR count). The molecule has 0 N–H and O–H groups in total. The van der Waals surface area contributed by atoms with Crippen molar-refractivity contribution in [1.29, 1.82) is 0 Å². The number of hydrogen-bond donors (Lipinski definition) is 0. The lowest BCUT2D eigenvalue weighted by Gasteiger charge is -2.25. The zero-order valence-electron chi connectivity index (χ0n) is 23.8. The Labute approximate surface area is 271 Å². The summed E-state index contributed by atoms with van der Waals surface area (Å²) in [7, 11) is -3.59. The molecule has 2 nitrogen and oxygen atoms in total. The molecule has 1 atom stereocenters. The first-order valence-electron chi connectivity index (χ1n) is 13.4. The highest BCUT2D eigenvalue weighted by molar-refractivity contribution is 6.65. The van der Waals surface area contributed by atoms with Gasteiger partial charge in [0.15, 0.2) is 81.4 Å². The third kappa shape index (κ3) is 5.17. The fraction of sp³-hybridized carbons (Fsp3) is 0.0323. The summed E-state index contributed by atoms with van der Waals surface area (Å²) in [5.74, 6) is -50.5. The second-order valence-electron chi connectivity index (χ2n) is 10.4. The van der Waals surface area contributed by atoms with Crippen LogP contribution < -0.4 is 10.1 Å². The Bertz CT molecular complexity index is 2340. The Kier molecular flexibility index (Phi) is 8.72. The molecule has 0 aromatic heterocycles. The second kappa shape index (κ2) is 12.5. The maximum Gasteiger partial charge on any atom is 0.567 e. The van der Waals surface area contributed by atoms with E-state index in [1.54, 1.807) is 0 Å². The normalized spacial score (nSPS) is 14.0. The van der Waals surface area contributed by atoms with Crippen LogP contribution in [-0.4, -0.2) is 7.12 Å². The van der Waals surface area contributed by atoms with Crippen molar-refractivity contribution in [3.05, 3.63) is 134 Å². The fourth-order valence-electron chi connectivity index (χ4n) is 5.29. The van der Waals surface area contributed by atoms with Gasteiger partial charge in [-0.2, -0.15) is 4.39 Å². The Morgan fingerprint density at radius 1 is 0.431 bits per heavy atom. The standard InChI is InChI=1S/C31H6BF17O2/c33-8-5-6-3-1-2-4-7(6)30(8)50-32(13-9-10(15(35)21(41)20(13)40)16(36)23(43)22(42)14(9)34)51-31-12(19(39)26(46)28(48)29(31)49)11-17(37)24(44)27(47)25(45)18(11)38/h1-5,30H. The quantitative estimate of drug-likeness (QED) is 0.0747. The molecule has 0 heterocycles. The SMILES string of the molecule is FC1=Cc2ccccc2C1OB(Oc1c(F)c(F)c(F)c(F)c1-c1c(F)c(F)c(F)c(F)c1F)c1c(F)c(F)c(F)c2c(F)c(F)c(F)c(F)c12. The minimum Gasteiger partial charge on any atom is -0.530 e. The molecule has 0 fully saturated rings. The molecule has 0 bridgehead atoms. The van der Waals surface area contributed by atoms with Gasteiger partial charge in [0.05, 0.1) is 16.5 Å². The zero-order chi connectivity index (χ0) is 37.5. The summed E-state index contributed by atoms with van der Waals surface area (Å²) in [5.41, 5.74) is -7.81. The molecular weight excluding hydrogens is 738 g/mol. The first-order valence-corrected chi connectivity index (χ1v) is 13.4. The van der Waals surface area contributed by atoms with Crippen molar-refractivity contribution in [3.63, 3.8) is 0 Å². The van der Waals surface area contributed by atoms with Gasteiger partial charge < -0.3 is 9.31 Å². The van der Waals surface area contributed by atoms with Crippen LogP contribution >= 0.6 is 0 Å². The molecule has 0 saturated heterocycles.